The molecule has 222 valence electrons. The fourth-order valence-electron chi connectivity index (χ4n) is 5.78. The van der Waals surface area contributed by atoms with Crippen LogP contribution in [-0.2, 0) is 4.74 Å². The van der Waals surface area contributed by atoms with Gasteiger partial charge in [0.2, 0.25) is 0 Å². The van der Waals surface area contributed by atoms with E-state index in [2.05, 4.69) is 61.5 Å². The fourth-order valence-corrected chi connectivity index (χ4v) is 9.64. The van der Waals surface area contributed by atoms with E-state index in [9.17, 15) is 0 Å². The predicted molar refractivity (Wildman–Crippen MR) is 187 cm³/mol. The summed E-state index contributed by atoms with van der Waals surface area (Å²) in [4.78, 5) is 10.3. The van der Waals surface area contributed by atoms with Crippen molar-refractivity contribution in [2.24, 2.45) is 22.7 Å². The molecule has 0 aromatic rings. The Morgan fingerprint density at radius 1 is 0.925 bits per heavy atom. The van der Waals surface area contributed by atoms with Crippen molar-refractivity contribution in [1.82, 2.24) is 15.1 Å². The van der Waals surface area contributed by atoms with Crippen LogP contribution >= 0.6 is 60.2 Å². The van der Waals surface area contributed by atoms with E-state index in [1.165, 1.54) is 15.6 Å². The van der Waals surface area contributed by atoms with Crippen LogP contribution < -0.4 is 5.32 Å². The number of hydrogen-bond acceptors (Lipinski definition) is 7. The van der Waals surface area contributed by atoms with E-state index >= 15 is 0 Å². The largest absolute Gasteiger partial charge is 0.381 e. The number of thiocarbonyl (C=S) groups is 3. The molecule has 0 aliphatic carbocycles. The van der Waals surface area contributed by atoms with E-state index < -0.39 is 0 Å². The summed E-state index contributed by atoms with van der Waals surface area (Å²) in [6, 6.07) is 0. The topological polar surface area (TPSA) is 27.7 Å². The zero-order chi connectivity index (χ0) is 28.9. The van der Waals surface area contributed by atoms with Crippen molar-refractivity contribution in [3.8, 4) is 0 Å². The Balaban J connectivity index is 1.09. The first-order valence-corrected chi connectivity index (χ1v) is 18.1. The summed E-state index contributed by atoms with van der Waals surface area (Å²) in [5.74, 6) is 3.17. The van der Waals surface area contributed by atoms with Crippen molar-refractivity contribution >= 4 is 75.1 Å². The lowest BCUT2D eigenvalue weighted by Gasteiger charge is -2.40. The van der Waals surface area contributed by atoms with Gasteiger partial charge in [0.05, 0.1) is 9.98 Å². The van der Waals surface area contributed by atoms with Crippen LogP contribution in [0.25, 0.3) is 0 Å². The minimum atomic E-state index is 0.134. The Bertz CT molecular complexity index is 1050. The fraction of sp³-hybridized carbons (Fsp3) is 0.710. The normalized spacial score (nSPS) is 24.7. The van der Waals surface area contributed by atoms with Crippen LogP contribution in [0.1, 0.15) is 66.2 Å². The number of hydrogen-bond donors (Lipinski definition) is 1. The van der Waals surface area contributed by atoms with Crippen LogP contribution in [0.5, 0.6) is 0 Å². The zero-order valence-electron chi connectivity index (χ0n) is 24.8. The standard InChI is InChI=1S/C31H47N3OS5/c1-6-31(5,21-33-22(2)18-25-23(28(33)37)8-16-39-25)11-15-35-14-7-12-32-13-10-30(3,4)20-34-27(36)19-26-24(29(34)38)9-17-40-26/h18-19,23-24,32H,2,6-17,20-21H2,1,3-5H3. The van der Waals surface area contributed by atoms with E-state index in [1.54, 1.807) is 0 Å². The van der Waals surface area contributed by atoms with Gasteiger partial charge in [0.1, 0.15) is 4.99 Å². The summed E-state index contributed by atoms with van der Waals surface area (Å²) in [5.41, 5.74) is 1.34. The zero-order valence-corrected chi connectivity index (χ0v) is 28.8. The summed E-state index contributed by atoms with van der Waals surface area (Å²) in [6.45, 7) is 19.0. The number of nitrogens with zero attached hydrogens (tertiary/aromatic N) is 2. The van der Waals surface area contributed by atoms with E-state index in [0.29, 0.717) is 11.8 Å². The molecule has 4 heterocycles. The number of rotatable bonds is 15. The van der Waals surface area contributed by atoms with Crippen LogP contribution in [0.4, 0.5) is 0 Å². The third-order valence-corrected chi connectivity index (χ3v) is 12.5. The lowest BCUT2D eigenvalue weighted by molar-refractivity contribution is 0.0887. The third kappa shape index (κ3) is 8.20. The lowest BCUT2D eigenvalue weighted by Crippen LogP contribution is -2.46. The smallest absolute Gasteiger partial charge is 0.107 e. The predicted octanol–water partition coefficient (Wildman–Crippen LogP) is 7.61. The van der Waals surface area contributed by atoms with Gasteiger partial charge < -0.3 is 19.9 Å². The van der Waals surface area contributed by atoms with Gasteiger partial charge in [-0.3, -0.25) is 0 Å². The van der Waals surface area contributed by atoms with Gasteiger partial charge in [-0.25, -0.2) is 0 Å². The summed E-state index contributed by atoms with van der Waals surface area (Å²) in [6.07, 6.45) is 11.0. The molecule has 0 aromatic heterocycles. The third-order valence-electron chi connectivity index (χ3n) is 8.80. The first kappa shape index (κ1) is 32.6. The SMILES string of the molecule is C=C1C=C2SCCC2C(=S)N1CC(C)(CC)CCOCCCNCCC(C)(C)CN1C(=S)C=C2SCCC2C1=S. The van der Waals surface area contributed by atoms with Gasteiger partial charge in [0.25, 0.3) is 0 Å². The minimum absolute atomic E-state index is 0.134. The maximum atomic E-state index is 6.08. The highest BCUT2D eigenvalue weighted by molar-refractivity contribution is 8.03. The first-order valence-electron chi connectivity index (χ1n) is 14.9. The maximum Gasteiger partial charge on any atom is 0.107 e. The summed E-state index contributed by atoms with van der Waals surface area (Å²) < 4.78 is 6.08. The van der Waals surface area contributed by atoms with Crippen molar-refractivity contribution in [3.05, 3.63) is 34.2 Å². The molecule has 0 radical (unpaired) electrons. The molecular formula is C31H47N3OS5. The molecule has 40 heavy (non-hydrogen) atoms. The Labute approximate surface area is 267 Å². The summed E-state index contributed by atoms with van der Waals surface area (Å²) >= 11 is 21.3. The Kier molecular flexibility index (Phi) is 11.8. The molecule has 3 unspecified atom stereocenters. The summed E-state index contributed by atoms with van der Waals surface area (Å²) in [7, 11) is 0. The molecular weight excluding hydrogens is 591 g/mol. The van der Waals surface area contributed by atoms with Crippen LogP contribution in [0, 0.1) is 22.7 Å². The number of thioether (sulfide) groups is 2. The van der Waals surface area contributed by atoms with Crippen LogP contribution in [-0.4, -0.2) is 75.7 Å². The molecule has 4 aliphatic rings. The Morgan fingerprint density at radius 2 is 1.57 bits per heavy atom. The van der Waals surface area contributed by atoms with Crippen molar-refractivity contribution in [3.63, 3.8) is 0 Å². The summed E-state index contributed by atoms with van der Waals surface area (Å²) in [5, 5.41) is 3.62. The average Bonchev–Trinajstić information content (AvgIpc) is 3.58. The highest BCUT2D eigenvalue weighted by Gasteiger charge is 2.37. The van der Waals surface area contributed by atoms with Gasteiger partial charge in [-0.2, -0.15) is 0 Å². The average molecular weight is 638 g/mol. The van der Waals surface area contributed by atoms with E-state index in [1.807, 2.05) is 23.5 Å². The second kappa shape index (κ2) is 14.5. The Morgan fingerprint density at radius 3 is 2.25 bits per heavy atom. The second-order valence-corrected chi connectivity index (χ2v) is 16.3. The van der Waals surface area contributed by atoms with Gasteiger partial charge in [0, 0.05) is 43.8 Å². The minimum Gasteiger partial charge on any atom is -0.381 e. The van der Waals surface area contributed by atoms with E-state index in [4.69, 9.17) is 41.4 Å². The van der Waals surface area contributed by atoms with Crippen LogP contribution in [0.3, 0.4) is 0 Å². The molecule has 2 fully saturated rings. The molecule has 0 saturated carbocycles. The van der Waals surface area contributed by atoms with Gasteiger partial charge in [-0.1, -0.05) is 70.9 Å². The first-order chi connectivity index (χ1) is 19.0. The van der Waals surface area contributed by atoms with Crippen molar-refractivity contribution in [1.29, 1.82) is 0 Å². The number of fused-ring (bicyclic) bond motifs is 2. The van der Waals surface area contributed by atoms with Gasteiger partial charge in [0.15, 0.2) is 0 Å². The molecule has 2 saturated heterocycles. The van der Waals surface area contributed by atoms with Crippen molar-refractivity contribution in [2.75, 3.05) is 50.9 Å². The number of allylic oxidation sites excluding steroid dienone is 1. The van der Waals surface area contributed by atoms with E-state index in [0.717, 1.165) is 104 Å². The van der Waals surface area contributed by atoms with Gasteiger partial charge in [-0.15, -0.1) is 23.5 Å². The molecule has 9 heteroatoms. The molecule has 0 spiro atoms. The molecule has 0 bridgehead atoms. The second-order valence-electron chi connectivity index (χ2n) is 12.7. The number of ether oxygens (including phenoxy) is 1. The molecule has 4 nitrogen and oxygen atoms in total. The van der Waals surface area contributed by atoms with E-state index in [-0.39, 0.29) is 10.8 Å². The van der Waals surface area contributed by atoms with Gasteiger partial charge >= 0.3 is 0 Å². The lowest BCUT2D eigenvalue weighted by atomic mass is 9.83. The molecule has 0 aromatic carbocycles. The molecule has 4 aliphatic heterocycles. The Hall–Kier alpha value is -0.290. The number of nitrogens with one attached hydrogen (secondary N) is 1. The quantitative estimate of drug-likeness (QED) is 0.144. The van der Waals surface area contributed by atoms with Crippen molar-refractivity contribution < 1.29 is 4.74 Å². The molecule has 0 amide bonds. The van der Waals surface area contributed by atoms with Crippen LogP contribution in [0.2, 0.25) is 0 Å². The highest BCUT2D eigenvalue weighted by Crippen LogP contribution is 2.44. The molecule has 3 atom stereocenters. The van der Waals surface area contributed by atoms with Gasteiger partial charge in [-0.05, 0) is 95.9 Å². The maximum absolute atomic E-state index is 6.08. The molecule has 4 rings (SSSR count). The van der Waals surface area contributed by atoms with Crippen LogP contribution in [0.15, 0.2) is 34.2 Å². The molecule has 1 N–H and O–H groups in total. The monoisotopic (exact) mass is 637 g/mol. The highest BCUT2D eigenvalue weighted by atomic mass is 32.2. The van der Waals surface area contributed by atoms with Crippen molar-refractivity contribution in [2.45, 2.75) is 66.2 Å².